The Labute approximate surface area is 165 Å². The molecule has 0 atom stereocenters. The molecule has 0 unspecified atom stereocenters. The third-order valence-electron chi connectivity index (χ3n) is 4.08. The summed E-state index contributed by atoms with van der Waals surface area (Å²) in [4.78, 5) is 8.88. The number of aromatic nitrogens is 3. The molecule has 142 valence electrons. The third-order valence-corrected chi connectivity index (χ3v) is 6.66. The molecule has 0 aliphatic heterocycles. The van der Waals surface area contributed by atoms with Gasteiger partial charge in [-0.1, -0.05) is 12.1 Å². The number of imidazole rings is 1. The normalized spacial score (nSPS) is 11.6. The minimum Gasteiger partial charge on any atom is -0.329 e. The van der Waals surface area contributed by atoms with E-state index in [1.165, 1.54) is 30.1 Å². The Hall–Kier alpha value is -2.91. The molecular formula is C19H15FN4O2S2. The summed E-state index contributed by atoms with van der Waals surface area (Å²) >= 11 is 1.34. The van der Waals surface area contributed by atoms with Crippen LogP contribution in [0.25, 0.3) is 10.9 Å². The number of halogens is 1. The van der Waals surface area contributed by atoms with Crippen LogP contribution >= 0.6 is 11.8 Å². The van der Waals surface area contributed by atoms with Crippen LogP contribution in [0.5, 0.6) is 0 Å². The SMILES string of the molecule is Cn1ccnc1Sc1ccccc1NS(=O)(=O)c1ccc(F)c2ncccc12. The Morgan fingerprint density at radius 2 is 1.86 bits per heavy atom. The van der Waals surface area contributed by atoms with E-state index in [1.807, 2.05) is 29.9 Å². The third kappa shape index (κ3) is 3.46. The van der Waals surface area contributed by atoms with Crippen LogP contribution in [0.1, 0.15) is 0 Å². The van der Waals surface area contributed by atoms with Crippen LogP contribution in [0.2, 0.25) is 0 Å². The average molecular weight is 414 g/mol. The van der Waals surface area contributed by atoms with Crippen molar-refractivity contribution in [1.29, 1.82) is 0 Å². The number of benzene rings is 2. The molecule has 0 aliphatic rings. The molecule has 0 saturated carbocycles. The highest BCUT2D eigenvalue weighted by molar-refractivity contribution is 7.99. The molecule has 0 amide bonds. The molecule has 28 heavy (non-hydrogen) atoms. The molecule has 2 aromatic heterocycles. The maximum Gasteiger partial charge on any atom is 0.262 e. The van der Waals surface area contributed by atoms with Gasteiger partial charge in [0.1, 0.15) is 11.3 Å². The molecule has 6 nitrogen and oxygen atoms in total. The summed E-state index contributed by atoms with van der Waals surface area (Å²) in [5.41, 5.74) is 0.429. The maximum atomic E-state index is 14.0. The number of aryl methyl sites for hydroxylation is 1. The first kappa shape index (κ1) is 18.5. The standard InChI is InChI=1S/C19H15FN4O2S2/c1-24-12-11-22-19(24)27-16-7-3-2-6-15(16)23-28(25,26)17-9-8-14(20)18-13(17)5-4-10-21-18/h2-12,23H,1H3. The smallest absolute Gasteiger partial charge is 0.262 e. The predicted molar refractivity (Wildman–Crippen MR) is 106 cm³/mol. The average Bonchev–Trinajstić information content (AvgIpc) is 3.08. The molecule has 4 aromatic rings. The van der Waals surface area contributed by atoms with Gasteiger partial charge in [0.05, 0.1) is 10.6 Å². The van der Waals surface area contributed by atoms with E-state index in [2.05, 4.69) is 14.7 Å². The van der Waals surface area contributed by atoms with Crippen LogP contribution < -0.4 is 4.72 Å². The van der Waals surface area contributed by atoms with E-state index in [0.29, 0.717) is 10.6 Å². The van der Waals surface area contributed by atoms with Crippen molar-refractivity contribution in [2.24, 2.45) is 7.05 Å². The molecule has 0 radical (unpaired) electrons. The van der Waals surface area contributed by atoms with Crippen molar-refractivity contribution < 1.29 is 12.8 Å². The molecule has 4 rings (SSSR count). The van der Waals surface area contributed by atoms with Gasteiger partial charge in [0, 0.05) is 35.9 Å². The summed E-state index contributed by atoms with van der Waals surface area (Å²) in [6.07, 6.45) is 4.91. The second-order valence-corrected chi connectivity index (χ2v) is 8.63. The van der Waals surface area contributed by atoms with E-state index < -0.39 is 15.8 Å². The Balaban J connectivity index is 1.74. The van der Waals surface area contributed by atoms with E-state index in [4.69, 9.17) is 0 Å². The molecule has 0 fully saturated rings. The summed E-state index contributed by atoms with van der Waals surface area (Å²) in [5.74, 6) is -0.569. The zero-order chi connectivity index (χ0) is 19.7. The van der Waals surface area contributed by atoms with Crippen molar-refractivity contribution >= 4 is 38.4 Å². The van der Waals surface area contributed by atoms with Crippen molar-refractivity contribution in [1.82, 2.24) is 14.5 Å². The first-order valence-electron chi connectivity index (χ1n) is 8.26. The van der Waals surface area contributed by atoms with Gasteiger partial charge in [-0.05, 0) is 48.2 Å². The molecule has 0 spiro atoms. The number of rotatable bonds is 5. The lowest BCUT2D eigenvalue weighted by molar-refractivity contribution is 0.601. The molecular weight excluding hydrogens is 399 g/mol. The van der Waals surface area contributed by atoms with Gasteiger partial charge in [-0.2, -0.15) is 0 Å². The number of sulfonamides is 1. The van der Waals surface area contributed by atoms with Gasteiger partial charge in [0.25, 0.3) is 10.0 Å². The number of nitrogens with zero attached hydrogens (tertiary/aromatic N) is 3. The monoisotopic (exact) mass is 414 g/mol. The molecule has 0 aliphatic carbocycles. The van der Waals surface area contributed by atoms with Crippen molar-refractivity contribution in [3.8, 4) is 0 Å². The van der Waals surface area contributed by atoms with Gasteiger partial charge < -0.3 is 4.57 Å². The van der Waals surface area contributed by atoms with Crippen LogP contribution in [0.4, 0.5) is 10.1 Å². The number of anilines is 1. The van der Waals surface area contributed by atoms with E-state index in [1.54, 1.807) is 24.4 Å². The topological polar surface area (TPSA) is 76.9 Å². The first-order valence-corrected chi connectivity index (χ1v) is 10.6. The number of pyridine rings is 1. The maximum absolute atomic E-state index is 14.0. The second-order valence-electron chi connectivity index (χ2n) is 5.97. The minimum absolute atomic E-state index is 0.0149. The predicted octanol–water partition coefficient (Wildman–Crippen LogP) is 4.06. The van der Waals surface area contributed by atoms with Crippen LogP contribution in [0, 0.1) is 5.82 Å². The highest BCUT2D eigenvalue weighted by atomic mass is 32.2. The van der Waals surface area contributed by atoms with Gasteiger partial charge in [0.15, 0.2) is 5.16 Å². The Bertz CT molecular complexity index is 1270. The number of fused-ring (bicyclic) bond motifs is 1. The molecule has 0 bridgehead atoms. The summed E-state index contributed by atoms with van der Waals surface area (Å²) in [7, 11) is -2.10. The fourth-order valence-corrected chi connectivity index (χ4v) is 4.97. The summed E-state index contributed by atoms with van der Waals surface area (Å²) in [6, 6.07) is 12.5. The van der Waals surface area contributed by atoms with E-state index in [-0.39, 0.29) is 15.8 Å². The summed E-state index contributed by atoms with van der Waals surface area (Å²) < 4.78 is 44.6. The molecule has 0 saturated heterocycles. The zero-order valence-corrected chi connectivity index (χ0v) is 16.3. The number of hydrogen-bond donors (Lipinski definition) is 1. The van der Waals surface area contributed by atoms with Gasteiger partial charge in [-0.15, -0.1) is 0 Å². The minimum atomic E-state index is -3.97. The first-order chi connectivity index (χ1) is 13.5. The lowest BCUT2D eigenvalue weighted by Gasteiger charge is -2.13. The highest BCUT2D eigenvalue weighted by Gasteiger charge is 2.21. The van der Waals surface area contributed by atoms with E-state index in [9.17, 15) is 12.8 Å². The molecule has 2 heterocycles. The van der Waals surface area contributed by atoms with Crippen molar-refractivity contribution in [3.05, 3.63) is 72.9 Å². The molecule has 2 aromatic carbocycles. The largest absolute Gasteiger partial charge is 0.329 e. The van der Waals surface area contributed by atoms with Crippen molar-refractivity contribution in [2.75, 3.05) is 4.72 Å². The van der Waals surface area contributed by atoms with Gasteiger partial charge in [-0.25, -0.2) is 17.8 Å². The number of para-hydroxylation sites is 1. The van der Waals surface area contributed by atoms with Gasteiger partial charge in [0.2, 0.25) is 0 Å². The molecule has 9 heteroatoms. The van der Waals surface area contributed by atoms with Crippen LogP contribution in [-0.4, -0.2) is 23.0 Å². The summed E-state index contributed by atoms with van der Waals surface area (Å²) in [6.45, 7) is 0. The lowest BCUT2D eigenvalue weighted by Crippen LogP contribution is -2.14. The fraction of sp³-hybridized carbons (Fsp3) is 0.0526. The molecule has 1 N–H and O–H groups in total. The summed E-state index contributed by atoms with van der Waals surface area (Å²) in [5, 5.41) is 0.951. The second kappa shape index (κ2) is 7.25. The van der Waals surface area contributed by atoms with Gasteiger partial charge >= 0.3 is 0 Å². The quantitative estimate of drug-likeness (QED) is 0.533. The lowest BCUT2D eigenvalue weighted by atomic mass is 10.2. The highest BCUT2D eigenvalue weighted by Crippen LogP contribution is 2.34. The zero-order valence-electron chi connectivity index (χ0n) is 14.7. The van der Waals surface area contributed by atoms with Crippen LogP contribution in [0.3, 0.4) is 0 Å². The number of hydrogen-bond acceptors (Lipinski definition) is 5. The van der Waals surface area contributed by atoms with Gasteiger partial charge in [-0.3, -0.25) is 9.71 Å². The Kier molecular flexibility index (Phi) is 4.78. The van der Waals surface area contributed by atoms with Crippen molar-refractivity contribution in [2.45, 2.75) is 14.9 Å². The Morgan fingerprint density at radius 1 is 1.04 bits per heavy atom. The van der Waals surface area contributed by atoms with Crippen LogP contribution in [-0.2, 0) is 17.1 Å². The van der Waals surface area contributed by atoms with Crippen LogP contribution in [0.15, 0.2) is 82.1 Å². The number of nitrogens with one attached hydrogen (secondary N) is 1. The van der Waals surface area contributed by atoms with E-state index >= 15 is 0 Å². The van der Waals surface area contributed by atoms with E-state index in [0.717, 1.165) is 11.2 Å². The van der Waals surface area contributed by atoms with Crippen molar-refractivity contribution in [3.63, 3.8) is 0 Å². The Morgan fingerprint density at radius 3 is 2.64 bits per heavy atom. The fourth-order valence-electron chi connectivity index (χ4n) is 2.73.